The number of carboxylic acid groups (broad SMARTS) is 1. The zero-order valence-electron chi connectivity index (χ0n) is 6.56. The van der Waals surface area contributed by atoms with Crippen molar-refractivity contribution in [3.8, 4) is 0 Å². The largest absolute Gasteiger partial charge is 0.478 e. The number of aromatic carboxylic acids is 1. The second kappa shape index (κ2) is 3.49. The number of rotatable bonds is 1. The van der Waals surface area contributed by atoms with Crippen molar-refractivity contribution < 1.29 is 14.3 Å². The predicted octanol–water partition coefficient (Wildman–Crippen LogP) is 2.55. The first-order chi connectivity index (χ1) is 5.79. The normalized spacial score (nSPS) is 9.54. The second-order valence-electron chi connectivity index (χ2n) is 2.44. The summed E-state index contributed by atoms with van der Waals surface area (Å²) in [5.74, 6) is -0.929. The van der Waals surface area contributed by atoms with Crippen LogP contribution in [-0.4, -0.2) is 11.1 Å². The van der Waals surface area contributed by atoms with Crippen LogP contribution in [-0.2, 0) is 0 Å². The minimum atomic E-state index is -0.929. The van der Waals surface area contributed by atoms with Crippen LogP contribution in [0.25, 0.3) is 11.0 Å². The van der Waals surface area contributed by atoms with Gasteiger partial charge in [-0.15, -0.1) is 12.4 Å². The third-order valence-electron chi connectivity index (χ3n) is 1.73. The topological polar surface area (TPSA) is 50.4 Å². The van der Waals surface area contributed by atoms with E-state index in [1.165, 1.54) is 6.26 Å². The zero-order valence-corrected chi connectivity index (χ0v) is 7.38. The lowest BCUT2D eigenvalue weighted by Gasteiger charge is -1.93. The van der Waals surface area contributed by atoms with Crippen LogP contribution in [0.1, 0.15) is 10.4 Å². The fourth-order valence-electron chi connectivity index (χ4n) is 1.18. The number of hydrogen-bond donors (Lipinski definition) is 1. The van der Waals surface area contributed by atoms with E-state index in [4.69, 9.17) is 9.52 Å². The molecule has 1 N–H and O–H groups in total. The molecule has 68 valence electrons. The number of furan rings is 1. The summed E-state index contributed by atoms with van der Waals surface area (Å²) in [5, 5.41) is 9.40. The average Bonchev–Trinajstić information content (AvgIpc) is 2.49. The molecule has 0 radical (unpaired) electrons. The van der Waals surface area contributed by atoms with Crippen molar-refractivity contribution in [3.63, 3.8) is 0 Å². The molecule has 2 rings (SSSR count). The second-order valence-corrected chi connectivity index (χ2v) is 2.44. The summed E-state index contributed by atoms with van der Waals surface area (Å²) < 4.78 is 5.05. The van der Waals surface area contributed by atoms with Crippen molar-refractivity contribution in [2.24, 2.45) is 0 Å². The molecule has 0 fully saturated rings. The minimum Gasteiger partial charge on any atom is -0.478 e. The van der Waals surface area contributed by atoms with Gasteiger partial charge in [0, 0.05) is 5.39 Å². The van der Waals surface area contributed by atoms with Gasteiger partial charge in [0.05, 0.1) is 11.8 Å². The smallest absolute Gasteiger partial charge is 0.336 e. The Kier molecular flexibility index (Phi) is 2.58. The first-order valence-electron chi connectivity index (χ1n) is 3.48. The van der Waals surface area contributed by atoms with E-state index >= 15 is 0 Å². The van der Waals surface area contributed by atoms with Crippen molar-refractivity contribution >= 4 is 29.3 Å². The Labute approximate surface area is 80.4 Å². The molecule has 3 nitrogen and oxygen atoms in total. The van der Waals surface area contributed by atoms with Crippen LogP contribution in [0.2, 0.25) is 0 Å². The number of carboxylic acids is 1. The molecule has 1 aromatic carbocycles. The van der Waals surface area contributed by atoms with E-state index in [0.29, 0.717) is 11.0 Å². The van der Waals surface area contributed by atoms with Crippen LogP contribution < -0.4 is 0 Å². The monoisotopic (exact) mass is 198 g/mol. The SMILES string of the molecule is Cl.O=C(O)c1cccc2occc12. The summed E-state index contributed by atoms with van der Waals surface area (Å²) in [7, 11) is 0. The van der Waals surface area contributed by atoms with E-state index in [1.807, 2.05) is 0 Å². The third-order valence-corrected chi connectivity index (χ3v) is 1.73. The van der Waals surface area contributed by atoms with E-state index in [9.17, 15) is 4.79 Å². The van der Waals surface area contributed by atoms with Gasteiger partial charge in [-0.1, -0.05) is 6.07 Å². The molecule has 0 aliphatic rings. The highest BCUT2D eigenvalue weighted by atomic mass is 35.5. The maximum Gasteiger partial charge on any atom is 0.336 e. The van der Waals surface area contributed by atoms with E-state index in [-0.39, 0.29) is 18.0 Å². The first-order valence-corrected chi connectivity index (χ1v) is 3.48. The number of halogens is 1. The van der Waals surface area contributed by atoms with Crippen molar-refractivity contribution in [2.75, 3.05) is 0 Å². The standard InChI is InChI=1S/C9H6O3.ClH/c10-9(11)7-2-1-3-8-6(7)4-5-12-8;/h1-5H,(H,10,11);1H. The predicted molar refractivity (Wildman–Crippen MR) is 50.4 cm³/mol. The Morgan fingerprint density at radius 3 is 2.77 bits per heavy atom. The lowest BCUT2D eigenvalue weighted by atomic mass is 10.1. The van der Waals surface area contributed by atoms with Crippen LogP contribution in [0.3, 0.4) is 0 Å². The van der Waals surface area contributed by atoms with Crippen molar-refractivity contribution in [3.05, 3.63) is 36.1 Å². The molecule has 0 aliphatic heterocycles. The Hall–Kier alpha value is -1.48. The van der Waals surface area contributed by atoms with Crippen LogP contribution >= 0.6 is 12.4 Å². The number of hydrogen-bond acceptors (Lipinski definition) is 2. The quantitative estimate of drug-likeness (QED) is 0.766. The summed E-state index contributed by atoms with van der Waals surface area (Å²) in [6.45, 7) is 0. The van der Waals surface area contributed by atoms with E-state index in [1.54, 1.807) is 24.3 Å². The van der Waals surface area contributed by atoms with Crippen LogP contribution in [0, 0.1) is 0 Å². The lowest BCUT2D eigenvalue weighted by molar-refractivity contribution is 0.0699. The van der Waals surface area contributed by atoms with Crippen molar-refractivity contribution in [1.82, 2.24) is 0 Å². The fourth-order valence-corrected chi connectivity index (χ4v) is 1.18. The van der Waals surface area contributed by atoms with Gasteiger partial charge in [0.15, 0.2) is 0 Å². The van der Waals surface area contributed by atoms with Gasteiger partial charge in [0.25, 0.3) is 0 Å². The molecule has 0 atom stereocenters. The summed E-state index contributed by atoms with van der Waals surface area (Å²) in [5.41, 5.74) is 0.885. The first kappa shape index (κ1) is 9.61. The highest BCUT2D eigenvalue weighted by Crippen LogP contribution is 2.19. The van der Waals surface area contributed by atoms with Crippen LogP contribution in [0.15, 0.2) is 34.9 Å². The molecule has 0 spiro atoms. The number of benzene rings is 1. The van der Waals surface area contributed by atoms with Gasteiger partial charge in [-0.05, 0) is 18.2 Å². The zero-order chi connectivity index (χ0) is 8.55. The van der Waals surface area contributed by atoms with Gasteiger partial charge >= 0.3 is 5.97 Å². The van der Waals surface area contributed by atoms with Gasteiger partial charge in [-0.3, -0.25) is 0 Å². The van der Waals surface area contributed by atoms with E-state index in [0.717, 1.165) is 0 Å². The molecule has 0 aliphatic carbocycles. The lowest BCUT2D eigenvalue weighted by Crippen LogP contribution is -1.95. The molecule has 1 heterocycles. The molecular weight excluding hydrogens is 192 g/mol. The molecule has 0 unspecified atom stereocenters. The summed E-state index contributed by atoms with van der Waals surface area (Å²) in [6.07, 6.45) is 1.48. The number of carbonyl (C=O) groups is 1. The van der Waals surface area contributed by atoms with E-state index in [2.05, 4.69) is 0 Å². The molecule has 0 saturated heterocycles. The van der Waals surface area contributed by atoms with Crippen molar-refractivity contribution in [1.29, 1.82) is 0 Å². The molecule has 2 aromatic rings. The highest BCUT2D eigenvalue weighted by molar-refractivity contribution is 6.02. The van der Waals surface area contributed by atoms with Gasteiger partial charge in [0.1, 0.15) is 5.58 Å². The molecule has 13 heavy (non-hydrogen) atoms. The average molecular weight is 199 g/mol. The molecule has 0 amide bonds. The Balaban J connectivity index is 0.000000845. The molecule has 0 saturated carbocycles. The molecule has 1 aromatic heterocycles. The summed E-state index contributed by atoms with van der Waals surface area (Å²) >= 11 is 0. The van der Waals surface area contributed by atoms with E-state index < -0.39 is 5.97 Å². The fraction of sp³-hybridized carbons (Fsp3) is 0. The highest BCUT2D eigenvalue weighted by Gasteiger charge is 2.08. The third kappa shape index (κ3) is 1.51. The van der Waals surface area contributed by atoms with Gasteiger partial charge in [-0.2, -0.15) is 0 Å². The summed E-state index contributed by atoms with van der Waals surface area (Å²) in [4.78, 5) is 10.7. The van der Waals surface area contributed by atoms with Gasteiger partial charge in [0.2, 0.25) is 0 Å². The Morgan fingerprint density at radius 2 is 2.08 bits per heavy atom. The minimum absolute atomic E-state index is 0. The maximum absolute atomic E-state index is 10.7. The van der Waals surface area contributed by atoms with Crippen LogP contribution in [0.5, 0.6) is 0 Å². The molecule has 4 heteroatoms. The number of fused-ring (bicyclic) bond motifs is 1. The Morgan fingerprint density at radius 1 is 1.31 bits per heavy atom. The molecule has 0 bridgehead atoms. The van der Waals surface area contributed by atoms with Crippen LogP contribution in [0.4, 0.5) is 0 Å². The Bertz CT molecular complexity index is 433. The summed E-state index contributed by atoms with van der Waals surface area (Å²) in [6, 6.07) is 6.61. The maximum atomic E-state index is 10.7. The van der Waals surface area contributed by atoms with Crippen molar-refractivity contribution in [2.45, 2.75) is 0 Å². The molecular formula is C9H7ClO3. The van der Waals surface area contributed by atoms with Gasteiger partial charge < -0.3 is 9.52 Å². The van der Waals surface area contributed by atoms with Gasteiger partial charge in [-0.25, -0.2) is 4.79 Å².